The summed E-state index contributed by atoms with van der Waals surface area (Å²) >= 11 is 0. The molecule has 1 aromatic heterocycles. The first-order chi connectivity index (χ1) is 11.7. The van der Waals surface area contributed by atoms with Gasteiger partial charge < -0.3 is 10.6 Å². The van der Waals surface area contributed by atoms with Gasteiger partial charge in [-0.05, 0) is 49.1 Å². The number of amides is 2. The second kappa shape index (κ2) is 7.00. The van der Waals surface area contributed by atoms with Crippen LogP contribution in [0.25, 0.3) is 10.8 Å². The number of fused-ring (bicyclic) bond motifs is 1. The van der Waals surface area contributed by atoms with Crippen molar-refractivity contribution in [2.75, 3.05) is 17.2 Å². The van der Waals surface area contributed by atoms with E-state index in [1.807, 2.05) is 43.3 Å². The normalized spacial score (nSPS) is 10.4. The minimum absolute atomic E-state index is 0.251. The topological polar surface area (TPSA) is 66.1 Å². The molecule has 0 atom stereocenters. The first kappa shape index (κ1) is 15.8. The van der Waals surface area contributed by atoms with E-state index < -0.39 is 0 Å². The van der Waals surface area contributed by atoms with E-state index in [1.165, 1.54) is 5.56 Å². The lowest BCUT2D eigenvalue weighted by Gasteiger charge is -2.11. The van der Waals surface area contributed by atoms with Gasteiger partial charge in [-0.15, -0.1) is 0 Å². The van der Waals surface area contributed by atoms with Crippen molar-refractivity contribution in [3.63, 3.8) is 0 Å². The van der Waals surface area contributed by atoms with Crippen LogP contribution in [-0.2, 0) is 0 Å². The molecule has 0 aliphatic rings. The summed E-state index contributed by atoms with van der Waals surface area (Å²) in [5, 5.41) is 10.9. The molecule has 0 aliphatic carbocycles. The summed E-state index contributed by atoms with van der Waals surface area (Å²) in [7, 11) is 0. The van der Waals surface area contributed by atoms with Gasteiger partial charge in [0.15, 0.2) is 0 Å². The molecule has 2 amide bonds. The standard InChI is InChI=1S/C19H20N4O/c1-3-20-19(24)23-18-11-14-7-5-9-17(16(14)12-21-18)22-15-8-4-6-13(2)10-15/h4-12,22H,3H2,1-2H3,(H2,20,21,23,24). The van der Waals surface area contributed by atoms with Gasteiger partial charge in [-0.2, -0.15) is 0 Å². The van der Waals surface area contributed by atoms with Crippen molar-refractivity contribution in [2.24, 2.45) is 0 Å². The molecule has 5 nitrogen and oxygen atoms in total. The molecule has 2 aromatic carbocycles. The van der Waals surface area contributed by atoms with E-state index >= 15 is 0 Å². The van der Waals surface area contributed by atoms with Crippen LogP contribution in [0.5, 0.6) is 0 Å². The Morgan fingerprint density at radius 3 is 2.75 bits per heavy atom. The molecule has 24 heavy (non-hydrogen) atoms. The minimum atomic E-state index is -0.251. The number of anilines is 3. The van der Waals surface area contributed by atoms with E-state index in [0.717, 1.165) is 22.1 Å². The number of carbonyl (C=O) groups is 1. The second-order valence-corrected chi connectivity index (χ2v) is 5.58. The molecule has 5 heteroatoms. The fourth-order valence-electron chi connectivity index (χ4n) is 2.55. The van der Waals surface area contributed by atoms with Gasteiger partial charge in [0, 0.05) is 29.5 Å². The average Bonchev–Trinajstić information content (AvgIpc) is 2.55. The number of pyridine rings is 1. The van der Waals surface area contributed by atoms with Crippen LogP contribution in [0.2, 0.25) is 0 Å². The maximum Gasteiger partial charge on any atom is 0.320 e. The van der Waals surface area contributed by atoms with Gasteiger partial charge in [-0.25, -0.2) is 9.78 Å². The zero-order valence-electron chi connectivity index (χ0n) is 13.8. The van der Waals surface area contributed by atoms with Crippen molar-refractivity contribution >= 4 is 34.0 Å². The smallest absolute Gasteiger partial charge is 0.320 e. The fraction of sp³-hybridized carbons (Fsp3) is 0.158. The molecule has 3 N–H and O–H groups in total. The monoisotopic (exact) mass is 320 g/mol. The summed E-state index contributed by atoms with van der Waals surface area (Å²) in [6, 6.07) is 15.8. The van der Waals surface area contributed by atoms with E-state index in [-0.39, 0.29) is 6.03 Å². The van der Waals surface area contributed by atoms with Crippen molar-refractivity contribution in [2.45, 2.75) is 13.8 Å². The lowest BCUT2D eigenvalue weighted by atomic mass is 10.1. The third-order valence-corrected chi connectivity index (χ3v) is 3.64. The van der Waals surface area contributed by atoms with Gasteiger partial charge in [0.25, 0.3) is 0 Å². The largest absolute Gasteiger partial charge is 0.355 e. The Labute approximate surface area is 141 Å². The Morgan fingerprint density at radius 1 is 1.12 bits per heavy atom. The number of hydrogen-bond acceptors (Lipinski definition) is 3. The van der Waals surface area contributed by atoms with E-state index in [0.29, 0.717) is 12.4 Å². The number of nitrogens with zero attached hydrogens (tertiary/aromatic N) is 1. The van der Waals surface area contributed by atoms with Gasteiger partial charge in [0.2, 0.25) is 0 Å². The number of benzene rings is 2. The fourth-order valence-corrected chi connectivity index (χ4v) is 2.55. The van der Waals surface area contributed by atoms with Crippen LogP contribution < -0.4 is 16.0 Å². The highest BCUT2D eigenvalue weighted by molar-refractivity contribution is 5.97. The summed E-state index contributed by atoms with van der Waals surface area (Å²) in [6.45, 7) is 4.51. The summed E-state index contributed by atoms with van der Waals surface area (Å²) in [5.74, 6) is 0.529. The number of aromatic nitrogens is 1. The molecule has 0 fully saturated rings. The molecule has 3 rings (SSSR count). The van der Waals surface area contributed by atoms with Gasteiger partial charge in [-0.1, -0.05) is 24.3 Å². The highest BCUT2D eigenvalue weighted by Gasteiger charge is 2.06. The lowest BCUT2D eigenvalue weighted by Crippen LogP contribution is -2.28. The summed E-state index contributed by atoms with van der Waals surface area (Å²) in [5.41, 5.74) is 3.22. The van der Waals surface area contributed by atoms with Crippen molar-refractivity contribution in [3.8, 4) is 0 Å². The first-order valence-corrected chi connectivity index (χ1v) is 7.93. The third kappa shape index (κ3) is 3.63. The van der Waals surface area contributed by atoms with Crippen LogP contribution in [-0.4, -0.2) is 17.6 Å². The van der Waals surface area contributed by atoms with Gasteiger partial charge in [0.1, 0.15) is 5.82 Å². The number of aryl methyl sites for hydroxylation is 1. The van der Waals surface area contributed by atoms with E-state index in [1.54, 1.807) is 6.20 Å². The molecule has 0 saturated heterocycles. The van der Waals surface area contributed by atoms with Crippen molar-refractivity contribution < 1.29 is 4.79 Å². The second-order valence-electron chi connectivity index (χ2n) is 5.58. The molecule has 0 spiro atoms. The van der Waals surface area contributed by atoms with Crippen LogP contribution in [0.15, 0.2) is 54.7 Å². The Hall–Kier alpha value is -3.08. The van der Waals surface area contributed by atoms with E-state index in [4.69, 9.17) is 0 Å². The zero-order valence-corrected chi connectivity index (χ0v) is 13.8. The highest BCUT2D eigenvalue weighted by atomic mass is 16.2. The van der Waals surface area contributed by atoms with Gasteiger partial charge >= 0.3 is 6.03 Å². The van der Waals surface area contributed by atoms with Gasteiger partial charge in [-0.3, -0.25) is 5.32 Å². The number of rotatable bonds is 4. The Bertz CT molecular complexity index is 876. The molecule has 3 aromatic rings. The molecule has 0 bridgehead atoms. The molecule has 0 saturated carbocycles. The summed E-state index contributed by atoms with van der Waals surface area (Å²) in [4.78, 5) is 16.0. The Kier molecular flexibility index (Phi) is 4.61. The average molecular weight is 320 g/mol. The van der Waals surface area contributed by atoms with Crippen LogP contribution in [0.4, 0.5) is 22.0 Å². The van der Waals surface area contributed by atoms with Crippen LogP contribution in [0, 0.1) is 6.92 Å². The molecular weight excluding hydrogens is 300 g/mol. The number of hydrogen-bond donors (Lipinski definition) is 3. The minimum Gasteiger partial charge on any atom is -0.355 e. The number of nitrogens with one attached hydrogen (secondary N) is 3. The van der Waals surface area contributed by atoms with Crippen molar-refractivity contribution in [1.29, 1.82) is 0 Å². The number of carbonyl (C=O) groups excluding carboxylic acids is 1. The Morgan fingerprint density at radius 2 is 1.96 bits per heavy atom. The SMILES string of the molecule is CCNC(=O)Nc1cc2cccc(Nc3cccc(C)c3)c2cn1. The van der Waals surface area contributed by atoms with Crippen LogP contribution >= 0.6 is 0 Å². The van der Waals surface area contributed by atoms with Crippen LogP contribution in [0.3, 0.4) is 0 Å². The molecule has 0 unspecified atom stereocenters. The summed E-state index contributed by atoms with van der Waals surface area (Å²) in [6.07, 6.45) is 1.77. The van der Waals surface area contributed by atoms with E-state index in [9.17, 15) is 4.79 Å². The van der Waals surface area contributed by atoms with Crippen molar-refractivity contribution in [1.82, 2.24) is 10.3 Å². The van der Waals surface area contributed by atoms with Gasteiger partial charge in [0.05, 0.1) is 0 Å². The summed E-state index contributed by atoms with van der Waals surface area (Å²) < 4.78 is 0. The third-order valence-electron chi connectivity index (χ3n) is 3.64. The first-order valence-electron chi connectivity index (χ1n) is 7.93. The van der Waals surface area contributed by atoms with Crippen molar-refractivity contribution in [3.05, 3.63) is 60.3 Å². The highest BCUT2D eigenvalue weighted by Crippen LogP contribution is 2.27. The Balaban J connectivity index is 1.89. The maximum atomic E-state index is 11.6. The molecule has 122 valence electrons. The predicted molar refractivity (Wildman–Crippen MR) is 98.9 cm³/mol. The maximum absolute atomic E-state index is 11.6. The number of urea groups is 1. The quantitative estimate of drug-likeness (QED) is 0.666. The zero-order chi connectivity index (χ0) is 16.9. The molecule has 0 radical (unpaired) electrons. The van der Waals surface area contributed by atoms with Crippen LogP contribution in [0.1, 0.15) is 12.5 Å². The molecular formula is C19H20N4O. The molecule has 0 aliphatic heterocycles. The molecule has 1 heterocycles. The predicted octanol–water partition coefficient (Wildman–Crippen LogP) is 4.43. The van der Waals surface area contributed by atoms with E-state index in [2.05, 4.69) is 40.0 Å². The lowest BCUT2D eigenvalue weighted by molar-refractivity contribution is 0.252.